The minimum absolute atomic E-state index is 0.683. The highest BCUT2D eigenvalue weighted by molar-refractivity contribution is 5.11. The maximum absolute atomic E-state index is 4.58. The van der Waals surface area contributed by atoms with Crippen molar-refractivity contribution in [2.45, 2.75) is 58.4 Å². The van der Waals surface area contributed by atoms with E-state index in [1.807, 2.05) is 0 Å². The summed E-state index contributed by atoms with van der Waals surface area (Å²) in [5, 5.41) is 8.11. The number of rotatable bonds is 5. The van der Waals surface area contributed by atoms with Crippen molar-refractivity contribution in [1.29, 1.82) is 0 Å². The fraction of sp³-hybridized carbons (Fsp3) is 0.812. The van der Waals surface area contributed by atoms with Crippen molar-refractivity contribution < 1.29 is 0 Å². The average Bonchev–Trinajstić information content (AvgIpc) is 2.79. The van der Waals surface area contributed by atoms with Gasteiger partial charge in [0.05, 0.1) is 5.69 Å². The van der Waals surface area contributed by atoms with Crippen molar-refractivity contribution in [3.05, 3.63) is 17.5 Å². The van der Waals surface area contributed by atoms with Crippen LogP contribution in [0.2, 0.25) is 0 Å². The van der Waals surface area contributed by atoms with Gasteiger partial charge < -0.3 is 5.32 Å². The number of nitrogens with zero attached hydrogens (tertiary/aromatic N) is 2. The van der Waals surface area contributed by atoms with Gasteiger partial charge in [-0.2, -0.15) is 5.10 Å². The first-order valence-electron chi connectivity index (χ1n) is 7.86. The molecule has 0 spiro atoms. The van der Waals surface area contributed by atoms with Crippen LogP contribution in [0, 0.1) is 11.8 Å². The van der Waals surface area contributed by atoms with Gasteiger partial charge in [0.25, 0.3) is 0 Å². The third-order valence-electron chi connectivity index (χ3n) is 4.90. The fourth-order valence-corrected chi connectivity index (χ4v) is 3.54. The van der Waals surface area contributed by atoms with Crippen LogP contribution in [0.4, 0.5) is 0 Å². The van der Waals surface area contributed by atoms with Crippen molar-refractivity contribution >= 4 is 0 Å². The van der Waals surface area contributed by atoms with Gasteiger partial charge >= 0.3 is 0 Å². The molecule has 0 radical (unpaired) electrons. The van der Waals surface area contributed by atoms with Gasteiger partial charge in [-0.15, -0.1) is 0 Å². The molecule has 1 aliphatic carbocycles. The van der Waals surface area contributed by atoms with Crippen molar-refractivity contribution in [2.24, 2.45) is 18.9 Å². The molecule has 0 saturated heterocycles. The Bertz CT molecular complexity index is 397. The van der Waals surface area contributed by atoms with Gasteiger partial charge in [-0.1, -0.05) is 20.3 Å². The van der Waals surface area contributed by atoms with E-state index >= 15 is 0 Å². The highest BCUT2D eigenvalue weighted by atomic mass is 15.3. The molecule has 1 saturated carbocycles. The van der Waals surface area contributed by atoms with E-state index in [-0.39, 0.29) is 0 Å². The predicted molar refractivity (Wildman–Crippen MR) is 80.3 cm³/mol. The normalized spacial score (nSPS) is 27.7. The smallest absolute Gasteiger partial charge is 0.0624 e. The molecule has 1 aromatic rings. The first-order valence-corrected chi connectivity index (χ1v) is 7.86. The minimum Gasteiger partial charge on any atom is -0.317 e. The monoisotopic (exact) mass is 263 g/mol. The first kappa shape index (κ1) is 14.6. The number of hydrogen-bond donors (Lipinski definition) is 1. The molecule has 3 heteroatoms. The maximum Gasteiger partial charge on any atom is 0.0624 e. The van der Waals surface area contributed by atoms with Gasteiger partial charge in [-0.05, 0) is 57.1 Å². The van der Waals surface area contributed by atoms with E-state index in [1.165, 1.54) is 43.5 Å². The number of nitrogens with one attached hydrogen (secondary N) is 1. The van der Waals surface area contributed by atoms with E-state index in [1.54, 1.807) is 0 Å². The van der Waals surface area contributed by atoms with Crippen LogP contribution in [-0.2, 0) is 19.9 Å². The van der Waals surface area contributed by atoms with Crippen LogP contribution in [0.1, 0.15) is 50.9 Å². The quantitative estimate of drug-likeness (QED) is 0.885. The molecule has 1 aliphatic rings. The fourth-order valence-electron chi connectivity index (χ4n) is 3.54. The van der Waals surface area contributed by atoms with Gasteiger partial charge in [0, 0.05) is 18.8 Å². The zero-order chi connectivity index (χ0) is 13.8. The van der Waals surface area contributed by atoms with E-state index in [0.29, 0.717) is 6.04 Å². The van der Waals surface area contributed by atoms with Crippen LogP contribution < -0.4 is 5.32 Å². The van der Waals surface area contributed by atoms with Gasteiger partial charge in [0.15, 0.2) is 0 Å². The van der Waals surface area contributed by atoms with Gasteiger partial charge in [-0.25, -0.2) is 0 Å². The molecule has 0 aromatic carbocycles. The molecule has 1 N–H and O–H groups in total. The molecule has 3 nitrogen and oxygen atoms in total. The molecular weight excluding hydrogens is 234 g/mol. The van der Waals surface area contributed by atoms with Crippen LogP contribution in [0.15, 0.2) is 6.07 Å². The lowest BCUT2D eigenvalue weighted by Gasteiger charge is -2.35. The highest BCUT2D eigenvalue weighted by Gasteiger charge is 2.29. The van der Waals surface area contributed by atoms with Crippen LogP contribution in [0.5, 0.6) is 0 Å². The summed E-state index contributed by atoms with van der Waals surface area (Å²) in [5.41, 5.74) is 2.63. The lowest BCUT2D eigenvalue weighted by atomic mass is 9.75. The second kappa shape index (κ2) is 6.56. The SMILES string of the molecule is CCc1cc(CC2CC(CC)CCC2NC)n(C)n1. The lowest BCUT2D eigenvalue weighted by molar-refractivity contribution is 0.203. The summed E-state index contributed by atoms with van der Waals surface area (Å²) in [4.78, 5) is 0. The standard InChI is InChI=1S/C16H29N3/c1-5-12-7-8-16(17-3)13(9-12)10-15-11-14(6-2)18-19(15)4/h11-13,16-17H,5-10H2,1-4H3. The number of aromatic nitrogens is 2. The third kappa shape index (κ3) is 3.38. The Hall–Kier alpha value is -0.830. The van der Waals surface area contributed by atoms with Crippen molar-refractivity contribution in [3.8, 4) is 0 Å². The van der Waals surface area contributed by atoms with Crippen molar-refractivity contribution in [3.63, 3.8) is 0 Å². The summed E-state index contributed by atoms with van der Waals surface area (Å²) in [6.45, 7) is 4.51. The number of aryl methyl sites for hydroxylation is 2. The van der Waals surface area contributed by atoms with Crippen LogP contribution in [0.3, 0.4) is 0 Å². The summed E-state index contributed by atoms with van der Waals surface area (Å²) in [6, 6.07) is 2.98. The second-order valence-electron chi connectivity index (χ2n) is 6.05. The second-order valence-corrected chi connectivity index (χ2v) is 6.05. The Balaban J connectivity index is 2.07. The summed E-state index contributed by atoms with van der Waals surface area (Å²) < 4.78 is 2.08. The largest absolute Gasteiger partial charge is 0.317 e. The molecule has 108 valence electrons. The Labute approximate surface area is 117 Å². The molecule has 3 atom stereocenters. The summed E-state index contributed by atoms with van der Waals surface area (Å²) in [7, 11) is 4.20. The maximum atomic E-state index is 4.58. The molecule has 2 rings (SSSR count). The lowest BCUT2D eigenvalue weighted by Crippen LogP contribution is -2.39. The highest BCUT2D eigenvalue weighted by Crippen LogP contribution is 2.33. The zero-order valence-corrected chi connectivity index (χ0v) is 12.9. The van der Waals surface area contributed by atoms with Gasteiger partial charge in [0.2, 0.25) is 0 Å². The molecule has 1 fully saturated rings. The Kier molecular flexibility index (Phi) is 5.03. The van der Waals surface area contributed by atoms with Gasteiger partial charge in [0.1, 0.15) is 0 Å². The van der Waals surface area contributed by atoms with Gasteiger partial charge in [-0.3, -0.25) is 4.68 Å². The Morgan fingerprint density at radius 1 is 1.37 bits per heavy atom. The van der Waals surface area contributed by atoms with Crippen LogP contribution in [-0.4, -0.2) is 22.9 Å². The van der Waals surface area contributed by atoms with Crippen LogP contribution >= 0.6 is 0 Å². The molecule has 3 unspecified atom stereocenters. The van der Waals surface area contributed by atoms with E-state index in [9.17, 15) is 0 Å². The molecule has 0 aliphatic heterocycles. The van der Waals surface area contributed by atoms with E-state index < -0.39 is 0 Å². The molecule has 19 heavy (non-hydrogen) atoms. The molecular formula is C16H29N3. The third-order valence-corrected chi connectivity index (χ3v) is 4.90. The predicted octanol–water partition coefficient (Wildman–Crippen LogP) is 2.94. The molecule has 1 heterocycles. The Morgan fingerprint density at radius 2 is 2.16 bits per heavy atom. The van der Waals surface area contributed by atoms with E-state index in [0.717, 1.165) is 18.3 Å². The Morgan fingerprint density at radius 3 is 2.74 bits per heavy atom. The van der Waals surface area contributed by atoms with Crippen molar-refractivity contribution in [1.82, 2.24) is 15.1 Å². The zero-order valence-electron chi connectivity index (χ0n) is 12.9. The topological polar surface area (TPSA) is 29.9 Å². The first-order chi connectivity index (χ1) is 9.17. The molecule has 0 bridgehead atoms. The summed E-state index contributed by atoms with van der Waals surface area (Å²) in [5.74, 6) is 1.69. The number of hydrogen-bond acceptors (Lipinski definition) is 2. The average molecular weight is 263 g/mol. The van der Waals surface area contributed by atoms with E-state index in [2.05, 4.69) is 49.1 Å². The molecule has 1 aromatic heterocycles. The summed E-state index contributed by atoms with van der Waals surface area (Å²) in [6.07, 6.45) is 7.63. The minimum atomic E-state index is 0.683. The molecule has 0 amide bonds. The van der Waals surface area contributed by atoms with Crippen molar-refractivity contribution in [2.75, 3.05) is 7.05 Å². The summed E-state index contributed by atoms with van der Waals surface area (Å²) >= 11 is 0. The van der Waals surface area contributed by atoms with Crippen LogP contribution in [0.25, 0.3) is 0 Å². The van der Waals surface area contributed by atoms with E-state index in [4.69, 9.17) is 0 Å².